The van der Waals surface area contributed by atoms with Gasteiger partial charge in [-0.05, 0) is 6.07 Å². The van der Waals surface area contributed by atoms with Crippen LogP contribution in [0.3, 0.4) is 0 Å². The van der Waals surface area contributed by atoms with Crippen LogP contribution in [-0.4, -0.2) is 16.9 Å². The molecule has 60 valence electrons. The maximum atomic E-state index is 11.0. The summed E-state index contributed by atoms with van der Waals surface area (Å²) in [5, 5.41) is 0. The molecule has 1 aromatic rings. The number of fused-ring (bicyclic) bond motifs is 1. The molecular weight excluding hydrogens is 162 g/mol. The number of hydrogen-bond acceptors (Lipinski definition) is 4. The Morgan fingerprint density at radius 3 is 2.58 bits per heavy atom. The topological polar surface area (TPSA) is 76.2 Å². The lowest BCUT2D eigenvalue weighted by atomic mass is 10.2. The number of pyridine rings is 1. The second kappa shape index (κ2) is 2.04. The lowest BCUT2D eigenvalue weighted by Crippen LogP contribution is -2.14. The number of cyclic esters (lactones) is 2. The van der Waals surface area contributed by atoms with E-state index in [1.54, 1.807) is 0 Å². The van der Waals surface area contributed by atoms with E-state index in [1.807, 2.05) is 0 Å². The van der Waals surface area contributed by atoms with Gasteiger partial charge in [0.15, 0.2) is 0 Å². The molecule has 0 fully saturated rings. The molecule has 5 nitrogen and oxygen atoms in total. The summed E-state index contributed by atoms with van der Waals surface area (Å²) in [6.07, 6.45) is 1.29. The van der Waals surface area contributed by atoms with Gasteiger partial charge in [0.25, 0.3) is 5.56 Å². The minimum atomic E-state index is -0.878. The number of nitrogens with one attached hydrogen (secondary N) is 1. The molecule has 0 saturated carbocycles. The highest BCUT2D eigenvalue weighted by Gasteiger charge is 2.31. The Balaban J connectivity index is 2.84. The molecule has 2 rings (SSSR count). The van der Waals surface area contributed by atoms with Crippen molar-refractivity contribution in [2.75, 3.05) is 0 Å². The monoisotopic (exact) mass is 165 g/mol. The Bertz CT molecular complexity index is 431. The number of esters is 2. The van der Waals surface area contributed by atoms with E-state index < -0.39 is 17.5 Å². The molecule has 0 unspecified atom stereocenters. The molecule has 0 aromatic carbocycles. The number of hydrogen-bond donors (Lipinski definition) is 1. The standard InChI is InChI=1S/C7H3NO4/c9-5-4-3(1-2-8-5)6(10)12-7(4)11/h1-2H,(H,8,9). The third-order valence-electron chi connectivity index (χ3n) is 1.57. The van der Waals surface area contributed by atoms with Crippen molar-refractivity contribution in [3.8, 4) is 0 Å². The highest BCUT2D eigenvalue weighted by atomic mass is 16.6. The predicted octanol–water partition coefficient (Wildman–Crippen LogP) is -0.315. The van der Waals surface area contributed by atoms with Gasteiger partial charge in [-0.15, -0.1) is 0 Å². The van der Waals surface area contributed by atoms with Crippen molar-refractivity contribution in [2.24, 2.45) is 0 Å². The number of carbonyl (C=O) groups excluding carboxylic acids is 2. The first-order chi connectivity index (χ1) is 5.70. The minimum Gasteiger partial charge on any atom is -0.386 e. The molecule has 1 aliphatic heterocycles. The number of rotatable bonds is 0. The smallest absolute Gasteiger partial charge is 0.352 e. The maximum absolute atomic E-state index is 11.0. The van der Waals surface area contributed by atoms with Gasteiger partial charge in [0.05, 0.1) is 5.56 Å². The number of ether oxygens (including phenoxy) is 1. The van der Waals surface area contributed by atoms with Gasteiger partial charge in [0.1, 0.15) is 5.56 Å². The summed E-state index contributed by atoms with van der Waals surface area (Å²) in [6, 6.07) is 1.34. The molecule has 1 N–H and O–H groups in total. The molecular formula is C7H3NO4. The van der Waals surface area contributed by atoms with E-state index in [1.165, 1.54) is 12.3 Å². The van der Waals surface area contributed by atoms with Crippen LogP contribution in [0, 0.1) is 0 Å². The van der Waals surface area contributed by atoms with Crippen molar-refractivity contribution in [3.63, 3.8) is 0 Å². The molecule has 2 heterocycles. The average Bonchev–Trinajstić information content (AvgIpc) is 2.29. The molecule has 5 heteroatoms. The quantitative estimate of drug-likeness (QED) is 0.422. The van der Waals surface area contributed by atoms with E-state index in [9.17, 15) is 14.4 Å². The summed E-state index contributed by atoms with van der Waals surface area (Å²) in [5.74, 6) is -1.64. The molecule has 0 radical (unpaired) electrons. The average molecular weight is 165 g/mol. The molecule has 0 amide bonds. The zero-order valence-electron chi connectivity index (χ0n) is 5.79. The Hall–Kier alpha value is -1.91. The van der Waals surface area contributed by atoms with Crippen LogP contribution in [0.2, 0.25) is 0 Å². The SMILES string of the molecule is O=C1OC(=O)c2c1cc[nH]c2=O. The summed E-state index contributed by atoms with van der Waals surface area (Å²) in [7, 11) is 0. The molecule has 0 atom stereocenters. The largest absolute Gasteiger partial charge is 0.386 e. The van der Waals surface area contributed by atoms with Crippen LogP contribution in [0.1, 0.15) is 20.7 Å². The lowest BCUT2D eigenvalue weighted by molar-refractivity contribution is 0.0443. The van der Waals surface area contributed by atoms with Crippen LogP contribution in [0.5, 0.6) is 0 Å². The fourth-order valence-corrected chi connectivity index (χ4v) is 1.04. The van der Waals surface area contributed by atoms with Crippen LogP contribution < -0.4 is 5.56 Å². The van der Waals surface area contributed by atoms with Crippen LogP contribution in [0.25, 0.3) is 0 Å². The Morgan fingerprint density at radius 2 is 1.92 bits per heavy atom. The Morgan fingerprint density at radius 1 is 1.17 bits per heavy atom. The van der Waals surface area contributed by atoms with E-state index in [0.717, 1.165) is 0 Å². The molecule has 0 spiro atoms. The van der Waals surface area contributed by atoms with Gasteiger partial charge in [-0.2, -0.15) is 0 Å². The van der Waals surface area contributed by atoms with Crippen molar-refractivity contribution in [3.05, 3.63) is 33.7 Å². The first-order valence-corrected chi connectivity index (χ1v) is 3.18. The highest BCUT2D eigenvalue weighted by molar-refractivity contribution is 6.14. The number of H-pyrrole nitrogens is 1. The predicted molar refractivity (Wildman–Crippen MR) is 36.8 cm³/mol. The van der Waals surface area contributed by atoms with Gasteiger partial charge in [0.2, 0.25) is 0 Å². The fourth-order valence-electron chi connectivity index (χ4n) is 1.04. The highest BCUT2D eigenvalue weighted by Crippen LogP contribution is 2.14. The molecule has 0 saturated heterocycles. The van der Waals surface area contributed by atoms with Crippen LogP contribution in [0.4, 0.5) is 0 Å². The van der Waals surface area contributed by atoms with E-state index in [2.05, 4.69) is 9.72 Å². The van der Waals surface area contributed by atoms with Crippen molar-refractivity contribution < 1.29 is 14.3 Å². The summed E-state index contributed by atoms with van der Waals surface area (Å²) in [4.78, 5) is 34.9. The van der Waals surface area contributed by atoms with Crippen molar-refractivity contribution in [2.45, 2.75) is 0 Å². The second-order valence-electron chi connectivity index (χ2n) is 2.27. The second-order valence-corrected chi connectivity index (χ2v) is 2.27. The van der Waals surface area contributed by atoms with Crippen LogP contribution >= 0.6 is 0 Å². The summed E-state index contributed by atoms with van der Waals surface area (Å²) < 4.78 is 4.21. The minimum absolute atomic E-state index is 0.0313. The van der Waals surface area contributed by atoms with Gasteiger partial charge in [-0.3, -0.25) is 4.79 Å². The zero-order valence-corrected chi connectivity index (χ0v) is 5.79. The molecule has 1 aromatic heterocycles. The van der Waals surface area contributed by atoms with Gasteiger partial charge >= 0.3 is 11.9 Å². The van der Waals surface area contributed by atoms with Gasteiger partial charge < -0.3 is 9.72 Å². The molecule has 0 bridgehead atoms. The summed E-state index contributed by atoms with van der Waals surface area (Å²) >= 11 is 0. The zero-order chi connectivity index (χ0) is 8.72. The van der Waals surface area contributed by atoms with Gasteiger partial charge in [0, 0.05) is 6.20 Å². The first kappa shape index (κ1) is 6.78. The normalized spacial score (nSPS) is 14.3. The molecule has 1 aliphatic rings. The number of aromatic nitrogens is 1. The van der Waals surface area contributed by atoms with E-state index in [4.69, 9.17) is 0 Å². The van der Waals surface area contributed by atoms with Crippen molar-refractivity contribution >= 4 is 11.9 Å². The van der Waals surface area contributed by atoms with Crippen LogP contribution in [-0.2, 0) is 4.74 Å². The number of carbonyl (C=O) groups is 2. The lowest BCUT2D eigenvalue weighted by Gasteiger charge is -1.86. The van der Waals surface area contributed by atoms with Crippen molar-refractivity contribution in [1.29, 1.82) is 0 Å². The third kappa shape index (κ3) is 0.701. The Kier molecular flexibility index (Phi) is 1.15. The first-order valence-electron chi connectivity index (χ1n) is 3.18. The maximum Gasteiger partial charge on any atom is 0.352 e. The van der Waals surface area contributed by atoms with E-state index in [0.29, 0.717) is 0 Å². The van der Waals surface area contributed by atoms with Gasteiger partial charge in [-0.1, -0.05) is 0 Å². The summed E-state index contributed by atoms with van der Waals surface area (Å²) in [5.41, 5.74) is -0.769. The van der Waals surface area contributed by atoms with Crippen LogP contribution in [0.15, 0.2) is 17.1 Å². The van der Waals surface area contributed by atoms with Crippen molar-refractivity contribution in [1.82, 2.24) is 4.98 Å². The van der Waals surface area contributed by atoms with E-state index in [-0.39, 0.29) is 11.1 Å². The number of aromatic amines is 1. The summed E-state index contributed by atoms with van der Waals surface area (Å²) in [6.45, 7) is 0. The van der Waals surface area contributed by atoms with E-state index >= 15 is 0 Å². The molecule has 0 aliphatic carbocycles. The Labute approximate surface area is 66.0 Å². The van der Waals surface area contributed by atoms with Gasteiger partial charge in [-0.25, -0.2) is 9.59 Å². The third-order valence-corrected chi connectivity index (χ3v) is 1.57. The fraction of sp³-hybridized carbons (Fsp3) is 0. The molecule has 12 heavy (non-hydrogen) atoms.